The smallest absolute Gasteiger partial charge is 0.270 e. The summed E-state index contributed by atoms with van der Waals surface area (Å²) in [5, 5.41) is 6.06. The first-order chi connectivity index (χ1) is 13.0. The molecule has 0 radical (unpaired) electrons. The maximum Gasteiger partial charge on any atom is 0.270 e. The van der Waals surface area contributed by atoms with E-state index in [9.17, 15) is 4.79 Å². The number of amides is 1. The first kappa shape index (κ1) is 20.4. The van der Waals surface area contributed by atoms with Crippen LogP contribution >= 0.6 is 0 Å². The number of aromatic nitrogens is 2. The van der Waals surface area contributed by atoms with Gasteiger partial charge in [-0.25, -0.2) is 9.97 Å². The summed E-state index contributed by atoms with van der Waals surface area (Å²) in [6.07, 6.45) is 2.16. The van der Waals surface area contributed by atoms with Gasteiger partial charge in [-0.15, -0.1) is 0 Å². The van der Waals surface area contributed by atoms with Crippen LogP contribution in [0.25, 0.3) is 0 Å². The zero-order chi connectivity index (χ0) is 19.6. The predicted octanol–water partition coefficient (Wildman–Crippen LogP) is 1.44. The number of ether oxygens (including phenoxy) is 2. The van der Waals surface area contributed by atoms with Crippen LogP contribution in [0.5, 0.6) is 11.5 Å². The Morgan fingerprint density at radius 3 is 2.56 bits per heavy atom. The van der Waals surface area contributed by atoms with Crippen LogP contribution in [-0.4, -0.2) is 68.7 Å². The van der Waals surface area contributed by atoms with Crippen LogP contribution in [-0.2, 0) is 6.42 Å². The Labute approximate surface area is 159 Å². The Morgan fingerprint density at radius 1 is 1.07 bits per heavy atom. The molecule has 2 aromatic rings. The molecule has 8 nitrogen and oxygen atoms in total. The Morgan fingerprint density at radius 2 is 1.85 bits per heavy atom. The highest BCUT2D eigenvalue weighted by atomic mass is 16.5. The second-order valence-corrected chi connectivity index (χ2v) is 6.21. The SMILES string of the molecule is COc1ccc(CCNc2cc(C(=O)NCCN(C)C)ncn2)cc1OC. The number of likely N-dealkylation sites (N-methyl/N-ethyl adjacent to an activating group) is 1. The standard InChI is InChI=1S/C19H27N5O3/c1-24(2)10-9-21-19(25)15-12-18(23-13-22-15)20-8-7-14-5-6-16(26-3)17(11-14)27-4/h5-6,11-13H,7-10H2,1-4H3,(H,21,25)(H,20,22,23). The fourth-order valence-corrected chi connectivity index (χ4v) is 2.43. The van der Waals surface area contributed by atoms with Gasteiger partial charge in [0, 0.05) is 25.7 Å². The summed E-state index contributed by atoms with van der Waals surface area (Å²) in [6.45, 7) is 2.00. The van der Waals surface area contributed by atoms with Gasteiger partial charge in [0.05, 0.1) is 14.2 Å². The number of rotatable bonds is 10. The molecule has 0 spiro atoms. The number of anilines is 1. The molecule has 0 aliphatic carbocycles. The van der Waals surface area contributed by atoms with Crippen LogP contribution in [0.1, 0.15) is 16.1 Å². The summed E-state index contributed by atoms with van der Waals surface area (Å²) in [5.74, 6) is 1.81. The van der Waals surface area contributed by atoms with E-state index < -0.39 is 0 Å². The Kier molecular flexibility index (Phi) is 7.81. The fourth-order valence-electron chi connectivity index (χ4n) is 2.43. The van der Waals surface area contributed by atoms with Crippen molar-refractivity contribution >= 4 is 11.7 Å². The molecule has 0 atom stereocenters. The van der Waals surface area contributed by atoms with Crippen molar-refractivity contribution in [2.45, 2.75) is 6.42 Å². The molecular formula is C19H27N5O3. The third kappa shape index (κ3) is 6.41. The Hall–Kier alpha value is -2.87. The maximum atomic E-state index is 12.1. The van der Waals surface area contributed by atoms with Crippen LogP contribution in [0.15, 0.2) is 30.6 Å². The molecule has 0 fully saturated rings. The van der Waals surface area contributed by atoms with Crippen molar-refractivity contribution in [1.29, 1.82) is 0 Å². The molecule has 1 aromatic carbocycles. The van der Waals surface area contributed by atoms with E-state index in [2.05, 4.69) is 20.6 Å². The number of hydrogen-bond donors (Lipinski definition) is 2. The lowest BCUT2D eigenvalue weighted by Crippen LogP contribution is -2.31. The van der Waals surface area contributed by atoms with E-state index in [4.69, 9.17) is 9.47 Å². The monoisotopic (exact) mass is 373 g/mol. The summed E-state index contributed by atoms with van der Waals surface area (Å²) in [7, 11) is 7.14. The van der Waals surface area contributed by atoms with Crippen LogP contribution in [0.3, 0.4) is 0 Å². The highest BCUT2D eigenvalue weighted by Gasteiger charge is 2.09. The molecule has 0 aliphatic heterocycles. The summed E-state index contributed by atoms with van der Waals surface area (Å²) in [4.78, 5) is 22.3. The molecule has 1 aromatic heterocycles. The van der Waals surface area contributed by atoms with E-state index in [-0.39, 0.29) is 5.91 Å². The molecule has 8 heteroatoms. The van der Waals surface area contributed by atoms with Crippen LogP contribution in [0, 0.1) is 0 Å². The number of benzene rings is 1. The second kappa shape index (κ2) is 10.3. The first-order valence-corrected chi connectivity index (χ1v) is 8.73. The van der Waals surface area contributed by atoms with Gasteiger partial charge < -0.3 is 25.0 Å². The summed E-state index contributed by atoms with van der Waals surface area (Å²) in [6, 6.07) is 7.48. The van der Waals surface area contributed by atoms with E-state index in [0.29, 0.717) is 36.1 Å². The molecule has 0 saturated heterocycles. The zero-order valence-electron chi connectivity index (χ0n) is 16.3. The number of hydrogen-bond acceptors (Lipinski definition) is 7. The van der Waals surface area contributed by atoms with Crippen molar-refractivity contribution in [3.05, 3.63) is 41.9 Å². The third-order valence-corrected chi connectivity index (χ3v) is 3.91. The molecular weight excluding hydrogens is 346 g/mol. The highest BCUT2D eigenvalue weighted by Crippen LogP contribution is 2.27. The summed E-state index contributed by atoms with van der Waals surface area (Å²) < 4.78 is 10.6. The van der Waals surface area contributed by atoms with Crippen molar-refractivity contribution < 1.29 is 14.3 Å². The zero-order valence-corrected chi connectivity index (χ0v) is 16.3. The molecule has 0 bridgehead atoms. The topological polar surface area (TPSA) is 88.6 Å². The van der Waals surface area contributed by atoms with Gasteiger partial charge >= 0.3 is 0 Å². The molecule has 0 saturated carbocycles. The van der Waals surface area contributed by atoms with E-state index in [1.165, 1.54) is 6.33 Å². The number of carbonyl (C=O) groups is 1. The molecule has 2 N–H and O–H groups in total. The van der Waals surface area contributed by atoms with Gasteiger partial charge in [0.25, 0.3) is 5.91 Å². The highest BCUT2D eigenvalue weighted by molar-refractivity contribution is 5.92. The largest absolute Gasteiger partial charge is 0.493 e. The number of nitrogens with one attached hydrogen (secondary N) is 2. The Bertz CT molecular complexity index is 752. The lowest BCUT2D eigenvalue weighted by Gasteiger charge is -2.11. The maximum absolute atomic E-state index is 12.1. The fraction of sp³-hybridized carbons (Fsp3) is 0.421. The number of methoxy groups -OCH3 is 2. The van der Waals surface area contributed by atoms with Gasteiger partial charge in [-0.2, -0.15) is 0 Å². The van der Waals surface area contributed by atoms with Gasteiger partial charge in [-0.3, -0.25) is 4.79 Å². The minimum absolute atomic E-state index is 0.206. The van der Waals surface area contributed by atoms with Gasteiger partial charge in [0.15, 0.2) is 11.5 Å². The van der Waals surface area contributed by atoms with E-state index in [1.54, 1.807) is 20.3 Å². The molecule has 146 valence electrons. The molecule has 0 aliphatic rings. The minimum Gasteiger partial charge on any atom is -0.493 e. The van der Waals surface area contributed by atoms with Crippen molar-refractivity contribution in [3.8, 4) is 11.5 Å². The number of nitrogens with zero attached hydrogens (tertiary/aromatic N) is 3. The van der Waals surface area contributed by atoms with Crippen molar-refractivity contribution in [1.82, 2.24) is 20.2 Å². The average Bonchev–Trinajstić information content (AvgIpc) is 2.67. The lowest BCUT2D eigenvalue weighted by atomic mass is 10.1. The summed E-state index contributed by atoms with van der Waals surface area (Å²) in [5.41, 5.74) is 1.45. The Balaban J connectivity index is 1.88. The van der Waals surface area contributed by atoms with E-state index in [0.717, 1.165) is 18.5 Å². The van der Waals surface area contributed by atoms with Crippen molar-refractivity contribution in [2.75, 3.05) is 53.3 Å². The first-order valence-electron chi connectivity index (χ1n) is 8.73. The number of carbonyl (C=O) groups excluding carboxylic acids is 1. The average molecular weight is 373 g/mol. The quantitative estimate of drug-likeness (QED) is 0.651. The van der Waals surface area contributed by atoms with Gasteiger partial charge in [0.1, 0.15) is 17.8 Å². The van der Waals surface area contributed by atoms with Gasteiger partial charge in [0.2, 0.25) is 0 Å². The molecule has 2 rings (SSSR count). The lowest BCUT2D eigenvalue weighted by molar-refractivity contribution is 0.0946. The molecule has 1 heterocycles. The van der Waals surface area contributed by atoms with Gasteiger partial charge in [-0.05, 0) is 38.2 Å². The van der Waals surface area contributed by atoms with E-state index in [1.807, 2.05) is 37.2 Å². The van der Waals surface area contributed by atoms with Crippen molar-refractivity contribution in [3.63, 3.8) is 0 Å². The normalized spacial score (nSPS) is 10.6. The second-order valence-electron chi connectivity index (χ2n) is 6.21. The van der Waals surface area contributed by atoms with Crippen LogP contribution < -0.4 is 20.1 Å². The van der Waals surface area contributed by atoms with Crippen molar-refractivity contribution in [2.24, 2.45) is 0 Å². The third-order valence-electron chi connectivity index (χ3n) is 3.91. The molecule has 1 amide bonds. The van der Waals surface area contributed by atoms with Crippen LogP contribution in [0.4, 0.5) is 5.82 Å². The van der Waals surface area contributed by atoms with E-state index >= 15 is 0 Å². The predicted molar refractivity (Wildman–Crippen MR) is 105 cm³/mol. The minimum atomic E-state index is -0.206. The van der Waals surface area contributed by atoms with Crippen LogP contribution in [0.2, 0.25) is 0 Å². The molecule has 0 unspecified atom stereocenters. The van der Waals surface area contributed by atoms with Gasteiger partial charge in [-0.1, -0.05) is 6.07 Å². The molecule has 27 heavy (non-hydrogen) atoms. The summed E-state index contributed by atoms with van der Waals surface area (Å²) >= 11 is 0.